The summed E-state index contributed by atoms with van der Waals surface area (Å²) in [7, 11) is -3.45. The Balaban J connectivity index is 2.75. The quantitative estimate of drug-likeness (QED) is 0.658. The molecule has 1 saturated heterocycles. The van der Waals surface area contributed by atoms with Gasteiger partial charge in [-0.1, -0.05) is 12.2 Å². The molecule has 1 aliphatic heterocycles. The van der Waals surface area contributed by atoms with Crippen molar-refractivity contribution in [3.63, 3.8) is 0 Å². The van der Waals surface area contributed by atoms with Crippen LogP contribution in [0, 0.1) is 0 Å². The van der Waals surface area contributed by atoms with Crippen LogP contribution in [-0.2, 0) is 10.0 Å². The molecule has 5 nitrogen and oxygen atoms in total. The fourth-order valence-electron chi connectivity index (χ4n) is 1.68. The number of hydrogen-bond donors (Lipinski definition) is 2. The molecule has 3 N–H and O–H groups in total. The fourth-order valence-corrected chi connectivity index (χ4v) is 3.55. The first-order valence-electron chi connectivity index (χ1n) is 4.71. The van der Waals surface area contributed by atoms with Crippen molar-refractivity contribution in [2.24, 2.45) is 5.73 Å². The highest BCUT2D eigenvalue weighted by Gasteiger charge is 2.34. The Morgan fingerprint density at radius 1 is 1.67 bits per heavy atom. The smallest absolute Gasteiger partial charge is 0.220 e. The van der Waals surface area contributed by atoms with Gasteiger partial charge >= 0.3 is 0 Å². The third-order valence-electron chi connectivity index (χ3n) is 2.36. The van der Waals surface area contributed by atoms with Gasteiger partial charge in [0.1, 0.15) is 5.75 Å². The van der Waals surface area contributed by atoms with Crippen molar-refractivity contribution in [2.45, 2.75) is 25.4 Å². The highest BCUT2D eigenvalue weighted by molar-refractivity contribution is 7.92. The molecular formula is C8H16N2O3S2. The lowest BCUT2D eigenvalue weighted by atomic mass is 9.97. The van der Waals surface area contributed by atoms with Crippen LogP contribution < -0.4 is 5.73 Å². The Kier molecular flexibility index (Phi) is 3.70. The maximum absolute atomic E-state index is 11.7. The second kappa shape index (κ2) is 4.32. The van der Waals surface area contributed by atoms with Crippen LogP contribution in [0.15, 0.2) is 0 Å². The summed E-state index contributed by atoms with van der Waals surface area (Å²) in [5.74, 6) is -0.321. The van der Waals surface area contributed by atoms with E-state index >= 15 is 0 Å². The summed E-state index contributed by atoms with van der Waals surface area (Å²) in [5.41, 5.74) is 4.27. The SMILES string of the molecule is CC1(O)CCCN(S(=O)(=O)CC(N)=S)C1. The molecule has 0 spiro atoms. The van der Waals surface area contributed by atoms with Crippen LogP contribution in [0.25, 0.3) is 0 Å². The molecule has 0 aromatic rings. The van der Waals surface area contributed by atoms with E-state index in [4.69, 9.17) is 5.73 Å². The minimum absolute atomic E-state index is 0.0415. The summed E-state index contributed by atoms with van der Waals surface area (Å²) in [6.45, 7) is 2.19. The lowest BCUT2D eigenvalue weighted by molar-refractivity contribution is 0.00951. The minimum atomic E-state index is -3.45. The molecule has 1 aliphatic rings. The Bertz CT molecular complexity index is 351. The fraction of sp³-hybridized carbons (Fsp3) is 0.875. The number of β-amino-alcohol motifs (C(OH)–C–C–N with tert-alkyl or cyclic N) is 1. The molecule has 0 aromatic heterocycles. The summed E-state index contributed by atoms with van der Waals surface area (Å²) < 4.78 is 24.7. The van der Waals surface area contributed by atoms with E-state index in [-0.39, 0.29) is 17.3 Å². The zero-order chi connectivity index (χ0) is 11.7. The number of piperidine rings is 1. The zero-order valence-corrected chi connectivity index (χ0v) is 10.3. The Labute approximate surface area is 95.3 Å². The Morgan fingerprint density at radius 3 is 2.73 bits per heavy atom. The molecule has 1 unspecified atom stereocenters. The number of rotatable bonds is 3. The number of aliphatic hydroxyl groups is 1. The van der Waals surface area contributed by atoms with Gasteiger partial charge in [0.25, 0.3) is 0 Å². The van der Waals surface area contributed by atoms with E-state index in [2.05, 4.69) is 12.2 Å². The maximum Gasteiger partial charge on any atom is 0.220 e. The molecule has 0 amide bonds. The molecule has 1 rings (SSSR count). The molecule has 1 heterocycles. The van der Waals surface area contributed by atoms with Crippen LogP contribution in [-0.4, -0.2) is 47.3 Å². The van der Waals surface area contributed by atoms with Crippen molar-refractivity contribution in [3.8, 4) is 0 Å². The average Bonchev–Trinajstić information content (AvgIpc) is 1.99. The van der Waals surface area contributed by atoms with Gasteiger partial charge in [-0.15, -0.1) is 0 Å². The number of hydrogen-bond acceptors (Lipinski definition) is 4. The summed E-state index contributed by atoms with van der Waals surface area (Å²) in [6.07, 6.45) is 1.27. The number of nitrogens with zero attached hydrogens (tertiary/aromatic N) is 1. The highest BCUT2D eigenvalue weighted by Crippen LogP contribution is 2.22. The molecule has 0 saturated carbocycles. The van der Waals surface area contributed by atoms with Crippen molar-refractivity contribution in [1.82, 2.24) is 4.31 Å². The molecule has 88 valence electrons. The van der Waals surface area contributed by atoms with Gasteiger partial charge < -0.3 is 10.8 Å². The molecule has 7 heteroatoms. The van der Waals surface area contributed by atoms with Gasteiger partial charge in [0.2, 0.25) is 10.0 Å². The van der Waals surface area contributed by atoms with E-state index in [9.17, 15) is 13.5 Å². The Morgan fingerprint density at radius 2 is 2.27 bits per heavy atom. The standard InChI is InChI=1S/C8H16N2O3S2/c1-8(11)3-2-4-10(6-8)15(12,13)5-7(9)14/h11H,2-6H2,1H3,(H2,9,14). The third kappa shape index (κ3) is 3.67. The predicted octanol–water partition coefficient (Wildman–Crippen LogP) is -0.551. The normalized spacial score (nSPS) is 28.9. The molecule has 1 atom stereocenters. The van der Waals surface area contributed by atoms with E-state index in [0.717, 1.165) is 0 Å². The molecule has 0 aromatic carbocycles. The summed E-state index contributed by atoms with van der Waals surface area (Å²) in [5, 5.41) is 9.77. The molecule has 1 fully saturated rings. The first-order valence-corrected chi connectivity index (χ1v) is 6.73. The van der Waals surface area contributed by atoms with Crippen molar-refractivity contribution in [3.05, 3.63) is 0 Å². The summed E-state index contributed by atoms with van der Waals surface area (Å²) in [4.78, 5) is -0.0415. The van der Waals surface area contributed by atoms with Gasteiger partial charge in [-0.2, -0.15) is 4.31 Å². The van der Waals surface area contributed by atoms with Gasteiger partial charge in [0.15, 0.2) is 0 Å². The zero-order valence-electron chi connectivity index (χ0n) is 8.64. The summed E-state index contributed by atoms with van der Waals surface area (Å²) >= 11 is 4.58. The minimum Gasteiger partial charge on any atom is -0.392 e. The van der Waals surface area contributed by atoms with Crippen LogP contribution in [0.3, 0.4) is 0 Å². The number of sulfonamides is 1. The predicted molar refractivity (Wildman–Crippen MR) is 62.0 cm³/mol. The Hall–Kier alpha value is -0.240. The van der Waals surface area contributed by atoms with Crippen molar-refractivity contribution in [1.29, 1.82) is 0 Å². The van der Waals surface area contributed by atoms with Crippen LogP contribution in [0.2, 0.25) is 0 Å². The molecule has 0 aliphatic carbocycles. The summed E-state index contributed by atoms with van der Waals surface area (Å²) in [6, 6.07) is 0. The van der Waals surface area contributed by atoms with Gasteiger partial charge in [-0.25, -0.2) is 8.42 Å². The molecular weight excluding hydrogens is 236 g/mol. The van der Waals surface area contributed by atoms with E-state index in [1.807, 2.05) is 0 Å². The van der Waals surface area contributed by atoms with Gasteiger partial charge in [0.05, 0.1) is 10.6 Å². The number of nitrogens with two attached hydrogens (primary N) is 1. The second-order valence-electron chi connectivity index (χ2n) is 4.16. The third-order valence-corrected chi connectivity index (χ3v) is 4.46. The monoisotopic (exact) mass is 252 g/mol. The lowest BCUT2D eigenvalue weighted by Crippen LogP contribution is -2.50. The molecule has 0 radical (unpaired) electrons. The van der Waals surface area contributed by atoms with E-state index in [1.165, 1.54) is 4.31 Å². The van der Waals surface area contributed by atoms with Crippen LogP contribution >= 0.6 is 12.2 Å². The largest absolute Gasteiger partial charge is 0.392 e. The first kappa shape index (κ1) is 12.8. The van der Waals surface area contributed by atoms with Crippen molar-refractivity contribution in [2.75, 3.05) is 18.8 Å². The van der Waals surface area contributed by atoms with Crippen molar-refractivity contribution >= 4 is 27.2 Å². The number of thiocarbonyl (C=S) groups is 1. The van der Waals surface area contributed by atoms with Crippen LogP contribution in [0.5, 0.6) is 0 Å². The average molecular weight is 252 g/mol. The lowest BCUT2D eigenvalue weighted by Gasteiger charge is -2.35. The van der Waals surface area contributed by atoms with E-state index in [1.54, 1.807) is 6.92 Å². The van der Waals surface area contributed by atoms with Crippen molar-refractivity contribution < 1.29 is 13.5 Å². The maximum atomic E-state index is 11.7. The second-order valence-corrected chi connectivity index (χ2v) is 6.65. The van der Waals surface area contributed by atoms with Gasteiger partial charge in [-0.05, 0) is 19.8 Å². The molecule has 0 bridgehead atoms. The van der Waals surface area contributed by atoms with Crippen LogP contribution in [0.1, 0.15) is 19.8 Å². The van der Waals surface area contributed by atoms with Crippen LogP contribution in [0.4, 0.5) is 0 Å². The highest BCUT2D eigenvalue weighted by atomic mass is 32.2. The molecule has 15 heavy (non-hydrogen) atoms. The first-order chi connectivity index (χ1) is 6.73. The van der Waals surface area contributed by atoms with E-state index < -0.39 is 15.6 Å². The van der Waals surface area contributed by atoms with E-state index in [0.29, 0.717) is 19.4 Å². The topological polar surface area (TPSA) is 83.6 Å². The van der Waals surface area contributed by atoms with Gasteiger partial charge in [0, 0.05) is 13.1 Å². The van der Waals surface area contributed by atoms with Gasteiger partial charge in [-0.3, -0.25) is 0 Å².